The smallest absolute Gasteiger partial charge is 0.254 e. The highest BCUT2D eigenvalue weighted by Crippen LogP contribution is 2.31. The zero-order valence-corrected chi connectivity index (χ0v) is 14.0. The van der Waals surface area contributed by atoms with E-state index in [2.05, 4.69) is 9.97 Å². The molecule has 24 heavy (non-hydrogen) atoms. The molecule has 5 rings (SSSR count). The Labute approximate surface area is 144 Å². The second kappa shape index (κ2) is 6.32. The Morgan fingerprint density at radius 1 is 1.25 bits per heavy atom. The molecule has 124 valence electrons. The molecule has 2 atom stereocenters. The van der Waals surface area contributed by atoms with E-state index >= 15 is 0 Å². The number of pyridine rings is 1. The van der Waals surface area contributed by atoms with Gasteiger partial charge in [0.25, 0.3) is 5.91 Å². The summed E-state index contributed by atoms with van der Waals surface area (Å²) in [6, 6.07) is 3.53. The third-order valence-electron chi connectivity index (χ3n) is 4.82. The molecule has 0 N–H and O–H groups in total. The first-order valence-electron chi connectivity index (χ1n) is 8.09. The maximum atomic E-state index is 12.8. The zero-order chi connectivity index (χ0) is 16.5. The number of hydrogen-bond acceptors (Lipinski definition) is 5. The summed E-state index contributed by atoms with van der Waals surface area (Å²) in [5, 5.41) is 1.98. The molecule has 2 aromatic rings. The van der Waals surface area contributed by atoms with Gasteiger partial charge in [-0.1, -0.05) is 0 Å². The van der Waals surface area contributed by atoms with Crippen LogP contribution in [0.4, 0.5) is 0 Å². The summed E-state index contributed by atoms with van der Waals surface area (Å²) in [7, 11) is 0. The van der Waals surface area contributed by atoms with Crippen molar-refractivity contribution >= 4 is 23.2 Å². The highest BCUT2D eigenvalue weighted by atomic mass is 32.1. The van der Waals surface area contributed by atoms with E-state index in [9.17, 15) is 9.59 Å². The molecule has 2 bridgehead atoms. The number of aromatic nitrogens is 2. The van der Waals surface area contributed by atoms with Gasteiger partial charge in [0.1, 0.15) is 0 Å². The minimum Gasteiger partial charge on any atom is -0.336 e. The molecular formula is C17H18N4O2S. The van der Waals surface area contributed by atoms with Gasteiger partial charge in [-0.25, -0.2) is 4.98 Å². The van der Waals surface area contributed by atoms with Crippen LogP contribution in [-0.4, -0.2) is 50.7 Å². The average Bonchev–Trinajstić information content (AvgIpc) is 2.98. The van der Waals surface area contributed by atoms with Gasteiger partial charge in [0.2, 0.25) is 5.91 Å². The van der Waals surface area contributed by atoms with Gasteiger partial charge in [0.15, 0.2) is 0 Å². The number of thiazole rings is 1. The molecule has 3 saturated heterocycles. The summed E-state index contributed by atoms with van der Waals surface area (Å²) >= 11 is 1.54. The van der Waals surface area contributed by atoms with Gasteiger partial charge in [-0.15, -0.1) is 11.3 Å². The molecule has 2 aromatic heterocycles. The van der Waals surface area contributed by atoms with E-state index in [-0.39, 0.29) is 23.8 Å². The summed E-state index contributed by atoms with van der Waals surface area (Å²) in [4.78, 5) is 37.6. The number of rotatable bonds is 3. The number of fused-ring (bicyclic) bond motifs is 4. The molecule has 5 heterocycles. The average molecular weight is 342 g/mol. The fourth-order valence-electron chi connectivity index (χ4n) is 3.58. The van der Waals surface area contributed by atoms with Crippen molar-refractivity contribution < 1.29 is 9.59 Å². The van der Waals surface area contributed by atoms with Crippen LogP contribution in [0.3, 0.4) is 0 Å². The van der Waals surface area contributed by atoms with Crippen LogP contribution < -0.4 is 0 Å². The lowest BCUT2D eigenvalue weighted by Gasteiger charge is -2.35. The van der Waals surface area contributed by atoms with Gasteiger partial charge in [-0.3, -0.25) is 14.6 Å². The second-order valence-electron chi connectivity index (χ2n) is 6.32. The molecule has 0 spiro atoms. The lowest BCUT2D eigenvalue weighted by Crippen LogP contribution is -2.47. The molecular weight excluding hydrogens is 324 g/mol. The van der Waals surface area contributed by atoms with Gasteiger partial charge in [0, 0.05) is 42.5 Å². The largest absolute Gasteiger partial charge is 0.336 e. The molecule has 6 nitrogen and oxygen atoms in total. The number of carbonyl (C=O) groups is 2. The topological polar surface area (TPSA) is 66.4 Å². The molecule has 3 aliphatic heterocycles. The Kier molecular flexibility index (Phi) is 4.02. The van der Waals surface area contributed by atoms with E-state index in [0.29, 0.717) is 25.2 Å². The number of piperidine rings is 1. The van der Waals surface area contributed by atoms with E-state index in [1.807, 2.05) is 15.2 Å². The molecule has 3 fully saturated rings. The summed E-state index contributed by atoms with van der Waals surface area (Å²) in [6.45, 7) is 1.64. The lowest BCUT2D eigenvalue weighted by atomic mass is 9.94. The minimum atomic E-state index is -0.104. The van der Waals surface area contributed by atoms with Crippen LogP contribution in [0.1, 0.15) is 28.9 Å². The third-order valence-corrected chi connectivity index (χ3v) is 5.46. The summed E-state index contributed by atoms with van der Waals surface area (Å²) in [6.07, 6.45) is 5.05. The number of amides is 2. The van der Waals surface area contributed by atoms with Crippen LogP contribution >= 0.6 is 11.3 Å². The highest BCUT2D eigenvalue weighted by Gasteiger charge is 2.42. The van der Waals surface area contributed by atoms with Gasteiger partial charge in [-0.05, 0) is 25.0 Å². The van der Waals surface area contributed by atoms with Crippen LogP contribution in [0.2, 0.25) is 0 Å². The van der Waals surface area contributed by atoms with Crippen LogP contribution in [0.25, 0.3) is 0 Å². The van der Waals surface area contributed by atoms with E-state index in [1.54, 1.807) is 30.0 Å². The number of nitrogens with zero attached hydrogens (tertiary/aromatic N) is 4. The summed E-state index contributed by atoms with van der Waals surface area (Å²) in [5.41, 5.74) is 3.34. The van der Waals surface area contributed by atoms with Crippen LogP contribution in [0.15, 0.2) is 35.4 Å². The lowest BCUT2D eigenvalue weighted by molar-refractivity contribution is -0.140. The van der Waals surface area contributed by atoms with Crippen molar-refractivity contribution in [3.8, 4) is 0 Å². The minimum absolute atomic E-state index is 0.0161. The van der Waals surface area contributed by atoms with E-state index in [1.165, 1.54) is 11.3 Å². The first-order chi connectivity index (χ1) is 11.7. The molecule has 0 saturated carbocycles. The van der Waals surface area contributed by atoms with Crippen molar-refractivity contribution in [2.75, 3.05) is 13.1 Å². The second-order valence-corrected chi connectivity index (χ2v) is 7.04. The maximum Gasteiger partial charge on any atom is 0.254 e. The van der Waals surface area contributed by atoms with Crippen molar-refractivity contribution in [2.24, 2.45) is 5.92 Å². The van der Waals surface area contributed by atoms with Crippen LogP contribution in [-0.2, 0) is 11.3 Å². The maximum absolute atomic E-state index is 12.8. The third kappa shape index (κ3) is 2.80. The quantitative estimate of drug-likeness (QED) is 0.853. The monoisotopic (exact) mass is 342 g/mol. The summed E-state index contributed by atoms with van der Waals surface area (Å²) < 4.78 is 0. The zero-order valence-electron chi connectivity index (χ0n) is 13.2. The highest BCUT2D eigenvalue weighted by molar-refractivity contribution is 7.07. The van der Waals surface area contributed by atoms with Crippen molar-refractivity contribution in [2.45, 2.75) is 25.4 Å². The SMILES string of the molecule is O=C(c1ccncc1)N1C[C@@H]2CC[C@H](C1)N(Cc1cscn1)C2=O. The molecule has 3 aliphatic rings. The van der Waals surface area contributed by atoms with Gasteiger partial charge < -0.3 is 9.80 Å². The van der Waals surface area contributed by atoms with Crippen LogP contribution in [0.5, 0.6) is 0 Å². The summed E-state index contributed by atoms with van der Waals surface area (Å²) in [5.74, 6) is 0.0371. The molecule has 0 unspecified atom stereocenters. The van der Waals surface area contributed by atoms with Gasteiger partial charge >= 0.3 is 0 Å². The van der Waals surface area contributed by atoms with Crippen molar-refractivity contribution in [1.29, 1.82) is 0 Å². The number of carbonyl (C=O) groups excluding carboxylic acids is 2. The standard InChI is InChI=1S/C17H18N4O2S/c22-16(12-3-5-18-6-4-12)20-7-13-1-2-15(9-20)21(17(13)23)8-14-10-24-11-19-14/h3-6,10-11,13,15H,1-2,7-9H2/t13-,15+/m0/s1. The van der Waals surface area contributed by atoms with Crippen LogP contribution in [0, 0.1) is 5.92 Å². The van der Waals surface area contributed by atoms with E-state index in [4.69, 9.17) is 0 Å². The Bertz CT molecular complexity index is 734. The fourth-order valence-corrected chi connectivity index (χ4v) is 4.13. The predicted octanol–water partition coefficient (Wildman–Crippen LogP) is 1.80. The molecule has 0 aromatic carbocycles. The fraction of sp³-hybridized carbons (Fsp3) is 0.412. The van der Waals surface area contributed by atoms with Gasteiger partial charge in [-0.2, -0.15) is 0 Å². The van der Waals surface area contributed by atoms with Crippen molar-refractivity contribution in [3.63, 3.8) is 0 Å². The van der Waals surface area contributed by atoms with E-state index < -0.39 is 0 Å². The Balaban J connectivity index is 1.56. The Morgan fingerprint density at radius 2 is 2.08 bits per heavy atom. The van der Waals surface area contributed by atoms with Crippen molar-refractivity contribution in [1.82, 2.24) is 19.8 Å². The number of hydrogen-bond donors (Lipinski definition) is 0. The van der Waals surface area contributed by atoms with E-state index in [0.717, 1.165) is 18.5 Å². The molecule has 0 radical (unpaired) electrons. The molecule has 2 amide bonds. The molecule has 0 aliphatic carbocycles. The normalized spacial score (nSPS) is 23.4. The first kappa shape index (κ1) is 15.3. The van der Waals surface area contributed by atoms with Crippen molar-refractivity contribution in [3.05, 3.63) is 46.7 Å². The first-order valence-corrected chi connectivity index (χ1v) is 9.03. The van der Waals surface area contributed by atoms with Gasteiger partial charge in [0.05, 0.1) is 23.7 Å². The Hall–Kier alpha value is -2.28. The molecule has 7 heteroatoms. The predicted molar refractivity (Wildman–Crippen MR) is 89.3 cm³/mol. The Morgan fingerprint density at radius 3 is 2.83 bits per heavy atom.